The third-order valence-electron chi connectivity index (χ3n) is 5.10. The van der Waals surface area contributed by atoms with E-state index in [-0.39, 0.29) is 42.5 Å². The van der Waals surface area contributed by atoms with Crippen molar-refractivity contribution in [2.45, 2.75) is 19.3 Å². The van der Waals surface area contributed by atoms with E-state index in [1.807, 2.05) is 29.2 Å². The number of piperidine rings is 1. The fraction of sp³-hybridized carbons (Fsp3) is 0.579. The lowest BCUT2D eigenvalue weighted by molar-refractivity contribution is -0.132. The summed E-state index contributed by atoms with van der Waals surface area (Å²) < 4.78 is 0. The van der Waals surface area contributed by atoms with Crippen LogP contribution in [0, 0.1) is 5.92 Å². The van der Waals surface area contributed by atoms with Crippen LogP contribution in [0.3, 0.4) is 0 Å². The molecule has 1 aromatic carbocycles. The maximum Gasteiger partial charge on any atom is 0.228 e. The van der Waals surface area contributed by atoms with E-state index in [1.54, 1.807) is 0 Å². The molecule has 2 saturated heterocycles. The maximum atomic E-state index is 12.4. The number of rotatable bonds is 4. The minimum atomic E-state index is 0. The molecule has 2 heterocycles. The number of likely N-dealkylation sites (N-methyl/N-ethyl adjacent to an activating group) is 1. The Morgan fingerprint density at radius 2 is 1.78 bits per heavy atom. The maximum absolute atomic E-state index is 12.4. The SMILES string of the molecule is CN1CCN(C(=O)Cc2ccc(NC(=O)C3CCCNC3)cc2)CC1.Cl.Cl. The first-order chi connectivity index (χ1) is 12.1. The predicted molar refractivity (Wildman–Crippen MR) is 113 cm³/mol. The fourth-order valence-corrected chi connectivity index (χ4v) is 3.37. The Bertz CT molecular complexity index is 598. The second-order valence-corrected chi connectivity index (χ2v) is 7.09. The average Bonchev–Trinajstić information content (AvgIpc) is 2.64. The minimum absolute atomic E-state index is 0. The number of carbonyl (C=O) groups is 2. The number of nitrogens with one attached hydrogen (secondary N) is 2. The topological polar surface area (TPSA) is 64.7 Å². The van der Waals surface area contributed by atoms with Crippen LogP contribution in [-0.4, -0.2) is 67.9 Å². The quantitative estimate of drug-likeness (QED) is 0.784. The van der Waals surface area contributed by atoms with Gasteiger partial charge in [0.15, 0.2) is 0 Å². The van der Waals surface area contributed by atoms with E-state index in [2.05, 4.69) is 22.6 Å². The monoisotopic (exact) mass is 416 g/mol. The van der Waals surface area contributed by atoms with Gasteiger partial charge in [-0.2, -0.15) is 0 Å². The van der Waals surface area contributed by atoms with Crippen LogP contribution in [0.25, 0.3) is 0 Å². The highest BCUT2D eigenvalue weighted by Crippen LogP contribution is 2.16. The predicted octanol–water partition coefficient (Wildman–Crippen LogP) is 1.78. The van der Waals surface area contributed by atoms with Crippen molar-refractivity contribution in [3.05, 3.63) is 29.8 Å². The summed E-state index contributed by atoms with van der Waals surface area (Å²) in [5.74, 6) is 0.305. The van der Waals surface area contributed by atoms with Gasteiger partial charge in [-0.25, -0.2) is 0 Å². The van der Waals surface area contributed by atoms with Gasteiger partial charge >= 0.3 is 0 Å². The summed E-state index contributed by atoms with van der Waals surface area (Å²) in [6.45, 7) is 5.24. The van der Waals surface area contributed by atoms with Crippen molar-refractivity contribution in [1.29, 1.82) is 0 Å². The molecule has 1 aromatic rings. The third kappa shape index (κ3) is 6.96. The van der Waals surface area contributed by atoms with Gasteiger partial charge in [-0.3, -0.25) is 9.59 Å². The van der Waals surface area contributed by atoms with E-state index < -0.39 is 0 Å². The molecule has 2 amide bonds. The number of amides is 2. The van der Waals surface area contributed by atoms with Gasteiger partial charge in [-0.1, -0.05) is 12.1 Å². The number of piperazine rings is 1. The molecule has 0 aliphatic carbocycles. The first kappa shape index (κ1) is 23.7. The molecule has 0 radical (unpaired) electrons. The lowest BCUT2D eigenvalue weighted by Crippen LogP contribution is -2.47. The Kier molecular flexibility index (Phi) is 10.1. The smallest absolute Gasteiger partial charge is 0.228 e. The molecule has 1 atom stereocenters. The van der Waals surface area contributed by atoms with E-state index in [0.717, 1.165) is 63.4 Å². The van der Waals surface area contributed by atoms with Crippen molar-refractivity contribution < 1.29 is 9.59 Å². The molecule has 0 saturated carbocycles. The second-order valence-electron chi connectivity index (χ2n) is 7.09. The van der Waals surface area contributed by atoms with Crippen molar-refractivity contribution >= 4 is 42.3 Å². The largest absolute Gasteiger partial charge is 0.340 e. The summed E-state index contributed by atoms with van der Waals surface area (Å²) in [6.07, 6.45) is 2.41. The van der Waals surface area contributed by atoms with Crippen LogP contribution in [0.2, 0.25) is 0 Å². The summed E-state index contributed by atoms with van der Waals surface area (Å²) in [7, 11) is 2.08. The summed E-state index contributed by atoms with van der Waals surface area (Å²) in [5, 5.41) is 6.24. The highest BCUT2D eigenvalue weighted by atomic mass is 35.5. The van der Waals surface area contributed by atoms with Crippen molar-refractivity contribution in [2.75, 3.05) is 51.6 Å². The van der Waals surface area contributed by atoms with Gasteiger partial charge < -0.3 is 20.4 Å². The first-order valence-corrected chi connectivity index (χ1v) is 9.18. The number of carbonyl (C=O) groups excluding carboxylic acids is 2. The van der Waals surface area contributed by atoms with Crippen LogP contribution < -0.4 is 10.6 Å². The molecule has 2 aliphatic rings. The molecular weight excluding hydrogens is 387 g/mol. The van der Waals surface area contributed by atoms with E-state index >= 15 is 0 Å². The van der Waals surface area contributed by atoms with Crippen LogP contribution in [0.4, 0.5) is 5.69 Å². The summed E-state index contributed by atoms with van der Waals surface area (Å²) in [6, 6.07) is 7.65. The zero-order chi connectivity index (χ0) is 17.6. The molecule has 0 bridgehead atoms. The number of nitrogens with zero attached hydrogens (tertiary/aromatic N) is 2. The fourth-order valence-electron chi connectivity index (χ4n) is 3.37. The Morgan fingerprint density at radius 3 is 2.37 bits per heavy atom. The Balaban J connectivity index is 0.00000182. The van der Waals surface area contributed by atoms with Gasteiger partial charge in [-0.15, -0.1) is 24.8 Å². The van der Waals surface area contributed by atoms with Gasteiger partial charge in [-0.05, 0) is 44.1 Å². The average molecular weight is 417 g/mol. The second kappa shape index (κ2) is 11.5. The van der Waals surface area contributed by atoms with Gasteiger partial charge in [0.2, 0.25) is 11.8 Å². The summed E-state index contributed by atoms with van der Waals surface area (Å²) in [5.41, 5.74) is 1.78. The van der Waals surface area contributed by atoms with E-state index in [1.165, 1.54) is 0 Å². The normalized spacial score (nSPS) is 20.2. The number of halogens is 2. The molecule has 2 N–H and O–H groups in total. The Hall–Kier alpha value is -1.34. The summed E-state index contributed by atoms with van der Waals surface area (Å²) in [4.78, 5) is 28.8. The molecular formula is C19H30Cl2N4O2. The number of hydrogen-bond donors (Lipinski definition) is 2. The molecule has 2 aliphatic heterocycles. The summed E-state index contributed by atoms with van der Waals surface area (Å²) >= 11 is 0. The van der Waals surface area contributed by atoms with Crippen molar-refractivity contribution in [3.8, 4) is 0 Å². The molecule has 0 spiro atoms. The lowest BCUT2D eigenvalue weighted by atomic mass is 9.99. The molecule has 0 aromatic heterocycles. The molecule has 8 heteroatoms. The van der Waals surface area contributed by atoms with Crippen LogP contribution in [0.15, 0.2) is 24.3 Å². The molecule has 2 fully saturated rings. The highest BCUT2D eigenvalue weighted by molar-refractivity contribution is 5.92. The standard InChI is InChI=1S/C19H28N4O2.2ClH/c1-22-9-11-23(12-10-22)18(24)13-15-4-6-17(7-5-15)21-19(25)16-3-2-8-20-14-16;;/h4-7,16,20H,2-3,8-14H2,1H3,(H,21,25);2*1H. The molecule has 3 rings (SSSR count). The minimum Gasteiger partial charge on any atom is -0.340 e. The zero-order valence-electron chi connectivity index (χ0n) is 15.8. The van der Waals surface area contributed by atoms with Crippen molar-refractivity contribution in [1.82, 2.24) is 15.1 Å². The van der Waals surface area contributed by atoms with Crippen LogP contribution in [0.1, 0.15) is 18.4 Å². The molecule has 152 valence electrons. The van der Waals surface area contributed by atoms with E-state index in [4.69, 9.17) is 0 Å². The van der Waals surface area contributed by atoms with Gasteiger partial charge in [0, 0.05) is 38.4 Å². The van der Waals surface area contributed by atoms with Crippen LogP contribution in [-0.2, 0) is 16.0 Å². The number of hydrogen-bond acceptors (Lipinski definition) is 4. The third-order valence-corrected chi connectivity index (χ3v) is 5.10. The molecule has 6 nitrogen and oxygen atoms in total. The number of anilines is 1. The molecule has 27 heavy (non-hydrogen) atoms. The van der Waals surface area contributed by atoms with Gasteiger partial charge in [0.25, 0.3) is 0 Å². The van der Waals surface area contributed by atoms with E-state index in [0.29, 0.717) is 6.42 Å². The van der Waals surface area contributed by atoms with Gasteiger partial charge in [0.05, 0.1) is 12.3 Å². The van der Waals surface area contributed by atoms with Crippen LogP contribution in [0.5, 0.6) is 0 Å². The van der Waals surface area contributed by atoms with Crippen molar-refractivity contribution in [3.63, 3.8) is 0 Å². The lowest BCUT2D eigenvalue weighted by Gasteiger charge is -2.32. The highest BCUT2D eigenvalue weighted by Gasteiger charge is 2.21. The molecule has 1 unspecified atom stereocenters. The zero-order valence-corrected chi connectivity index (χ0v) is 17.4. The Morgan fingerprint density at radius 1 is 1.11 bits per heavy atom. The van der Waals surface area contributed by atoms with Crippen LogP contribution >= 0.6 is 24.8 Å². The van der Waals surface area contributed by atoms with Gasteiger partial charge in [0.1, 0.15) is 0 Å². The Labute approximate surface area is 173 Å². The van der Waals surface area contributed by atoms with E-state index in [9.17, 15) is 9.59 Å². The first-order valence-electron chi connectivity index (χ1n) is 9.18. The number of benzene rings is 1. The van der Waals surface area contributed by atoms with Crippen molar-refractivity contribution in [2.24, 2.45) is 5.92 Å².